The molecule has 0 saturated carbocycles. The molecule has 0 N–H and O–H groups in total. The number of hydrogen-bond donors (Lipinski definition) is 0. The van der Waals surface area contributed by atoms with Crippen molar-refractivity contribution in [2.45, 2.75) is 6.04 Å². The Morgan fingerprint density at radius 2 is 1.70 bits per heavy atom. The van der Waals surface area contributed by atoms with E-state index in [0.29, 0.717) is 6.04 Å². The molecule has 116 valence electrons. The smallest absolute Gasteiger partial charge is 0.194 e. The van der Waals surface area contributed by atoms with Gasteiger partial charge in [-0.1, -0.05) is 28.1 Å². The Morgan fingerprint density at radius 1 is 0.957 bits per heavy atom. The minimum Gasteiger partial charge on any atom is -0.370 e. The highest BCUT2D eigenvalue weighted by atomic mass is 79.9. The summed E-state index contributed by atoms with van der Waals surface area (Å²) in [5, 5.41) is 0. The van der Waals surface area contributed by atoms with E-state index in [2.05, 4.69) is 51.0 Å². The maximum Gasteiger partial charge on any atom is 0.194 e. The van der Waals surface area contributed by atoms with Crippen LogP contribution in [0.25, 0.3) is 11.1 Å². The molecule has 0 bridgehead atoms. The fourth-order valence-electron chi connectivity index (χ4n) is 4.35. The van der Waals surface area contributed by atoms with Crippen LogP contribution < -0.4 is 4.90 Å². The number of rotatable bonds is 1. The van der Waals surface area contributed by atoms with Crippen molar-refractivity contribution in [2.24, 2.45) is 5.92 Å². The van der Waals surface area contributed by atoms with E-state index in [1.807, 2.05) is 18.2 Å². The summed E-state index contributed by atoms with van der Waals surface area (Å²) in [6.07, 6.45) is 0. The van der Waals surface area contributed by atoms with Gasteiger partial charge in [-0.3, -0.25) is 4.79 Å². The lowest BCUT2D eigenvalue weighted by Crippen LogP contribution is -2.52. The number of fused-ring (bicyclic) bond motifs is 4. The molecule has 4 heteroatoms. The van der Waals surface area contributed by atoms with Gasteiger partial charge < -0.3 is 9.80 Å². The van der Waals surface area contributed by atoms with Crippen LogP contribution in [-0.2, 0) is 0 Å². The van der Waals surface area contributed by atoms with Crippen molar-refractivity contribution in [3.8, 4) is 11.1 Å². The highest BCUT2D eigenvalue weighted by molar-refractivity contribution is 9.10. The van der Waals surface area contributed by atoms with Crippen LogP contribution in [0.2, 0.25) is 0 Å². The number of carbonyl (C=O) groups excluding carboxylic acids is 1. The molecule has 1 aliphatic carbocycles. The zero-order valence-corrected chi connectivity index (χ0v) is 14.5. The van der Waals surface area contributed by atoms with Crippen molar-refractivity contribution in [2.75, 3.05) is 31.6 Å². The third-order valence-corrected chi connectivity index (χ3v) is 6.12. The molecule has 2 atom stereocenters. The van der Waals surface area contributed by atoms with E-state index < -0.39 is 0 Å². The number of benzene rings is 2. The molecule has 23 heavy (non-hydrogen) atoms. The van der Waals surface area contributed by atoms with E-state index in [0.717, 1.165) is 45.7 Å². The van der Waals surface area contributed by atoms with Crippen LogP contribution in [0.1, 0.15) is 15.9 Å². The first-order valence-electron chi connectivity index (χ1n) is 8.05. The van der Waals surface area contributed by atoms with Gasteiger partial charge in [-0.15, -0.1) is 0 Å². The summed E-state index contributed by atoms with van der Waals surface area (Å²) >= 11 is 3.47. The number of nitrogens with zero attached hydrogens (tertiary/aromatic N) is 2. The van der Waals surface area contributed by atoms with Crippen molar-refractivity contribution >= 4 is 27.4 Å². The summed E-state index contributed by atoms with van der Waals surface area (Å²) in [6, 6.07) is 13.0. The summed E-state index contributed by atoms with van der Waals surface area (Å²) in [5.41, 5.74) is 4.98. The van der Waals surface area contributed by atoms with Crippen LogP contribution in [0.5, 0.6) is 0 Å². The van der Waals surface area contributed by atoms with Crippen molar-refractivity contribution in [3.05, 3.63) is 52.0 Å². The number of likely N-dealkylation sites (tertiary alicyclic amines) is 1. The summed E-state index contributed by atoms with van der Waals surface area (Å²) in [6.45, 7) is 3.39. The highest BCUT2D eigenvalue weighted by Gasteiger charge is 2.43. The number of likely N-dealkylation sites (N-methyl/N-ethyl adjacent to an activating group) is 1. The number of ketones is 1. The van der Waals surface area contributed by atoms with Crippen molar-refractivity contribution in [1.82, 2.24) is 4.90 Å². The van der Waals surface area contributed by atoms with Gasteiger partial charge in [0.15, 0.2) is 5.78 Å². The Balaban J connectivity index is 1.53. The maximum atomic E-state index is 12.8. The second kappa shape index (κ2) is 4.68. The van der Waals surface area contributed by atoms with E-state index in [4.69, 9.17) is 0 Å². The topological polar surface area (TPSA) is 23.6 Å². The number of carbonyl (C=O) groups is 1. The Labute approximate surface area is 144 Å². The molecule has 0 amide bonds. The number of halogens is 1. The molecular formula is C19H17BrN2O. The minimum absolute atomic E-state index is 0.150. The average molecular weight is 369 g/mol. The molecule has 2 saturated heterocycles. The Bertz CT molecular complexity index is 847. The van der Waals surface area contributed by atoms with Crippen molar-refractivity contribution in [3.63, 3.8) is 0 Å². The normalized spacial score (nSPS) is 25.1. The maximum absolute atomic E-state index is 12.8. The first-order chi connectivity index (χ1) is 11.1. The summed E-state index contributed by atoms with van der Waals surface area (Å²) in [5.74, 6) is 0.939. The predicted octanol–water partition coefficient (Wildman–Crippen LogP) is 3.41. The van der Waals surface area contributed by atoms with Crippen LogP contribution in [0.15, 0.2) is 40.9 Å². The molecule has 0 aromatic heterocycles. The highest BCUT2D eigenvalue weighted by Crippen LogP contribution is 2.41. The third kappa shape index (κ3) is 1.88. The molecule has 2 aliphatic heterocycles. The number of anilines is 1. The van der Waals surface area contributed by atoms with Crippen LogP contribution in [0, 0.1) is 5.92 Å². The zero-order valence-electron chi connectivity index (χ0n) is 12.9. The van der Waals surface area contributed by atoms with Gasteiger partial charge in [0.05, 0.1) is 0 Å². The average Bonchev–Trinajstić information content (AvgIpc) is 3.03. The molecule has 5 rings (SSSR count). The molecule has 2 unspecified atom stereocenters. The van der Waals surface area contributed by atoms with Gasteiger partial charge in [0, 0.05) is 52.9 Å². The van der Waals surface area contributed by atoms with E-state index >= 15 is 0 Å². The third-order valence-electron chi connectivity index (χ3n) is 5.62. The molecule has 2 heterocycles. The Morgan fingerprint density at radius 3 is 2.43 bits per heavy atom. The molecule has 0 radical (unpaired) electrons. The lowest BCUT2D eigenvalue weighted by atomic mass is 9.93. The monoisotopic (exact) mass is 368 g/mol. The van der Waals surface area contributed by atoms with E-state index in [1.165, 1.54) is 12.2 Å². The SMILES string of the molecule is CN1CC2CN(c3ccc4c(c3)C(=O)c3cc(Br)ccc3-4)CC21. The van der Waals surface area contributed by atoms with Crippen LogP contribution in [0.3, 0.4) is 0 Å². The molecule has 0 spiro atoms. The second-order valence-corrected chi connectivity index (χ2v) is 7.84. The molecule has 2 fully saturated rings. The summed E-state index contributed by atoms with van der Waals surface area (Å²) in [4.78, 5) is 17.6. The van der Waals surface area contributed by atoms with Crippen LogP contribution >= 0.6 is 15.9 Å². The predicted molar refractivity (Wildman–Crippen MR) is 95.1 cm³/mol. The van der Waals surface area contributed by atoms with Gasteiger partial charge >= 0.3 is 0 Å². The summed E-state index contributed by atoms with van der Waals surface area (Å²) < 4.78 is 0.955. The van der Waals surface area contributed by atoms with Gasteiger partial charge in [0.25, 0.3) is 0 Å². The van der Waals surface area contributed by atoms with Crippen molar-refractivity contribution < 1.29 is 4.79 Å². The van der Waals surface area contributed by atoms with Crippen molar-refractivity contribution in [1.29, 1.82) is 0 Å². The summed E-state index contributed by atoms with van der Waals surface area (Å²) in [7, 11) is 2.20. The first kappa shape index (κ1) is 13.8. The Hall–Kier alpha value is -1.65. The standard InChI is InChI=1S/C19H17BrN2O/c1-21-8-11-9-22(10-18(11)21)13-3-5-15-14-4-2-12(20)6-16(14)19(23)17(15)7-13/h2-7,11,18H,8-10H2,1H3. The molecular weight excluding hydrogens is 352 g/mol. The Kier molecular flexibility index (Phi) is 2.80. The fourth-order valence-corrected chi connectivity index (χ4v) is 4.71. The molecule has 2 aromatic rings. The van der Waals surface area contributed by atoms with Crippen LogP contribution in [-0.4, -0.2) is 43.4 Å². The second-order valence-electron chi connectivity index (χ2n) is 6.92. The quantitative estimate of drug-likeness (QED) is 0.657. The largest absolute Gasteiger partial charge is 0.370 e. The van der Waals surface area contributed by atoms with Gasteiger partial charge in [-0.25, -0.2) is 0 Å². The van der Waals surface area contributed by atoms with Gasteiger partial charge in [0.1, 0.15) is 0 Å². The lowest BCUT2D eigenvalue weighted by Gasteiger charge is -2.40. The fraction of sp³-hybridized carbons (Fsp3) is 0.316. The molecule has 2 aromatic carbocycles. The van der Waals surface area contributed by atoms with E-state index in [9.17, 15) is 4.79 Å². The van der Waals surface area contributed by atoms with Gasteiger partial charge in [-0.2, -0.15) is 0 Å². The van der Waals surface area contributed by atoms with Gasteiger partial charge in [-0.05, 0) is 42.4 Å². The lowest BCUT2D eigenvalue weighted by molar-refractivity contribution is 0.0827. The van der Waals surface area contributed by atoms with E-state index in [1.54, 1.807) is 0 Å². The first-order valence-corrected chi connectivity index (χ1v) is 8.85. The molecule has 3 aliphatic rings. The van der Waals surface area contributed by atoms with E-state index in [-0.39, 0.29) is 5.78 Å². The number of hydrogen-bond acceptors (Lipinski definition) is 3. The zero-order chi connectivity index (χ0) is 15.7. The molecule has 3 nitrogen and oxygen atoms in total. The minimum atomic E-state index is 0.150. The van der Waals surface area contributed by atoms with Gasteiger partial charge in [0.2, 0.25) is 0 Å². The van der Waals surface area contributed by atoms with Crippen LogP contribution in [0.4, 0.5) is 5.69 Å².